The number of carbonyl (C=O) groups excluding carboxylic acids is 2. The van der Waals surface area contributed by atoms with E-state index in [-0.39, 0.29) is 23.7 Å². The molecule has 164 valence electrons. The van der Waals surface area contributed by atoms with Gasteiger partial charge in [-0.05, 0) is 55.2 Å². The highest BCUT2D eigenvalue weighted by Crippen LogP contribution is 2.27. The molecule has 2 aromatic rings. The van der Waals surface area contributed by atoms with Gasteiger partial charge in [0, 0.05) is 56.0 Å². The van der Waals surface area contributed by atoms with Crippen LogP contribution in [0.1, 0.15) is 28.8 Å². The van der Waals surface area contributed by atoms with Crippen molar-refractivity contribution in [1.29, 1.82) is 0 Å². The van der Waals surface area contributed by atoms with E-state index in [2.05, 4.69) is 4.98 Å². The third kappa shape index (κ3) is 4.88. The van der Waals surface area contributed by atoms with Crippen molar-refractivity contribution in [3.63, 3.8) is 0 Å². The Morgan fingerprint density at radius 1 is 1.10 bits per heavy atom. The molecule has 1 aromatic carbocycles. The summed E-state index contributed by atoms with van der Waals surface area (Å²) >= 11 is 0. The molecule has 2 aliphatic heterocycles. The van der Waals surface area contributed by atoms with Gasteiger partial charge in [-0.15, -0.1) is 0 Å². The van der Waals surface area contributed by atoms with Crippen molar-refractivity contribution < 1.29 is 19.4 Å². The molecule has 1 aromatic heterocycles. The molecule has 7 nitrogen and oxygen atoms in total. The lowest BCUT2D eigenvalue weighted by Gasteiger charge is -2.33. The number of pyridine rings is 1. The van der Waals surface area contributed by atoms with Gasteiger partial charge in [0.15, 0.2) is 0 Å². The van der Waals surface area contributed by atoms with Crippen LogP contribution < -0.4 is 4.74 Å². The molecule has 0 saturated carbocycles. The molecule has 0 aliphatic carbocycles. The fourth-order valence-corrected chi connectivity index (χ4v) is 4.58. The normalized spacial score (nSPS) is 21.9. The number of nitrogens with zero attached hydrogens (tertiary/aromatic N) is 3. The summed E-state index contributed by atoms with van der Waals surface area (Å²) in [5.41, 5.74) is 1.73. The molecule has 2 amide bonds. The molecule has 0 bridgehead atoms. The Bertz CT molecular complexity index is 912. The minimum atomic E-state index is -0.508. The number of β-amino-alcohol motifs (C(OH)–C–C–N with tert-alkyl or cyclic N) is 1. The standard InChI is InChI=1S/C24H29N3O4/c1-31-21-4-2-3-19(14-21)24(30)26-11-7-18(8-12-26)23(29)27-15-20(22(28)16-27)13-17-5-9-25-10-6-17/h2-6,9-10,14,18,20,22,28H,7-8,11-13,15-16H2,1H3/t20-,22+/m1/s1. The Kier molecular flexibility index (Phi) is 6.51. The largest absolute Gasteiger partial charge is 0.497 e. The highest BCUT2D eigenvalue weighted by atomic mass is 16.5. The SMILES string of the molecule is COc1cccc(C(=O)N2CCC(C(=O)N3C[C@@H](Cc4ccncc4)[C@@H](O)C3)CC2)c1. The molecular weight excluding hydrogens is 394 g/mol. The van der Waals surface area contributed by atoms with E-state index in [1.165, 1.54) is 0 Å². The second-order valence-electron chi connectivity index (χ2n) is 8.43. The predicted molar refractivity (Wildman–Crippen MR) is 116 cm³/mol. The molecule has 2 aliphatic rings. The van der Waals surface area contributed by atoms with Crippen LogP contribution in [0.4, 0.5) is 0 Å². The molecule has 31 heavy (non-hydrogen) atoms. The summed E-state index contributed by atoms with van der Waals surface area (Å²) in [4.78, 5) is 33.5. The van der Waals surface area contributed by atoms with Crippen molar-refractivity contribution in [2.45, 2.75) is 25.4 Å². The van der Waals surface area contributed by atoms with Gasteiger partial charge in [-0.2, -0.15) is 0 Å². The van der Waals surface area contributed by atoms with Crippen LogP contribution in [0, 0.1) is 11.8 Å². The zero-order valence-corrected chi connectivity index (χ0v) is 17.8. The van der Waals surface area contributed by atoms with Gasteiger partial charge in [-0.3, -0.25) is 14.6 Å². The van der Waals surface area contributed by atoms with Crippen LogP contribution in [0.3, 0.4) is 0 Å². The molecule has 2 saturated heterocycles. The first kappa shape index (κ1) is 21.3. The third-order valence-electron chi connectivity index (χ3n) is 6.41. The lowest BCUT2D eigenvalue weighted by Crippen LogP contribution is -2.44. The number of methoxy groups -OCH3 is 1. The van der Waals surface area contributed by atoms with Gasteiger partial charge in [-0.1, -0.05) is 6.07 Å². The molecule has 0 radical (unpaired) electrons. The fraction of sp³-hybridized carbons (Fsp3) is 0.458. The van der Waals surface area contributed by atoms with E-state index in [1.807, 2.05) is 29.2 Å². The van der Waals surface area contributed by atoms with Gasteiger partial charge in [-0.25, -0.2) is 0 Å². The van der Waals surface area contributed by atoms with Gasteiger partial charge in [0.25, 0.3) is 5.91 Å². The number of amides is 2. The van der Waals surface area contributed by atoms with Crippen molar-refractivity contribution in [1.82, 2.24) is 14.8 Å². The molecule has 0 unspecified atom stereocenters. The van der Waals surface area contributed by atoms with E-state index in [0.29, 0.717) is 50.3 Å². The van der Waals surface area contributed by atoms with E-state index < -0.39 is 6.10 Å². The number of likely N-dealkylation sites (tertiary alicyclic amines) is 2. The molecule has 2 fully saturated rings. The highest BCUT2D eigenvalue weighted by molar-refractivity contribution is 5.94. The first-order valence-electron chi connectivity index (χ1n) is 10.8. The molecule has 7 heteroatoms. The summed E-state index contributed by atoms with van der Waals surface area (Å²) in [5.74, 6) is 0.677. The van der Waals surface area contributed by atoms with Crippen molar-refractivity contribution in [3.8, 4) is 5.75 Å². The van der Waals surface area contributed by atoms with E-state index in [1.54, 1.807) is 36.5 Å². The molecule has 0 spiro atoms. The smallest absolute Gasteiger partial charge is 0.253 e. The Balaban J connectivity index is 1.30. The zero-order valence-electron chi connectivity index (χ0n) is 17.8. The van der Waals surface area contributed by atoms with Gasteiger partial charge in [0.2, 0.25) is 5.91 Å². The number of benzene rings is 1. The van der Waals surface area contributed by atoms with Crippen LogP contribution in [-0.2, 0) is 11.2 Å². The fourth-order valence-electron chi connectivity index (χ4n) is 4.58. The number of hydrogen-bond acceptors (Lipinski definition) is 5. The number of hydrogen-bond donors (Lipinski definition) is 1. The summed E-state index contributed by atoms with van der Waals surface area (Å²) in [6, 6.07) is 11.1. The lowest BCUT2D eigenvalue weighted by molar-refractivity contribution is -0.136. The summed E-state index contributed by atoms with van der Waals surface area (Å²) in [6.45, 7) is 2.08. The van der Waals surface area contributed by atoms with E-state index in [9.17, 15) is 14.7 Å². The Morgan fingerprint density at radius 2 is 1.84 bits per heavy atom. The summed E-state index contributed by atoms with van der Waals surface area (Å²) < 4.78 is 5.21. The summed E-state index contributed by atoms with van der Waals surface area (Å²) in [6.07, 6.45) is 5.03. The van der Waals surface area contributed by atoms with E-state index in [4.69, 9.17) is 4.74 Å². The summed E-state index contributed by atoms with van der Waals surface area (Å²) in [5, 5.41) is 10.5. The third-order valence-corrected chi connectivity index (χ3v) is 6.41. The van der Waals surface area contributed by atoms with Gasteiger partial charge < -0.3 is 19.6 Å². The number of carbonyl (C=O) groups is 2. The second-order valence-corrected chi connectivity index (χ2v) is 8.43. The van der Waals surface area contributed by atoms with Crippen LogP contribution in [-0.4, -0.2) is 71.1 Å². The number of ether oxygens (including phenoxy) is 1. The topological polar surface area (TPSA) is 83.0 Å². The monoisotopic (exact) mass is 423 g/mol. The maximum Gasteiger partial charge on any atom is 0.253 e. The lowest BCUT2D eigenvalue weighted by atomic mass is 9.94. The molecule has 2 atom stereocenters. The van der Waals surface area contributed by atoms with Crippen LogP contribution in [0.25, 0.3) is 0 Å². The van der Waals surface area contributed by atoms with Gasteiger partial charge >= 0.3 is 0 Å². The highest BCUT2D eigenvalue weighted by Gasteiger charge is 2.38. The van der Waals surface area contributed by atoms with Gasteiger partial charge in [0.05, 0.1) is 13.2 Å². The van der Waals surface area contributed by atoms with Crippen molar-refractivity contribution in [3.05, 3.63) is 59.9 Å². The van der Waals surface area contributed by atoms with Crippen molar-refractivity contribution >= 4 is 11.8 Å². The molecule has 1 N–H and O–H groups in total. The van der Waals surface area contributed by atoms with E-state index in [0.717, 1.165) is 12.0 Å². The number of piperidine rings is 1. The minimum absolute atomic E-state index is 0.0289. The minimum Gasteiger partial charge on any atom is -0.497 e. The van der Waals surface area contributed by atoms with Crippen LogP contribution in [0.5, 0.6) is 5.75 Å². The predicted octanol–water partition coefficient (Wildman–Crippen LogP) is 2.00. The van der Waals surface area contributed by atoms with Crippen LogP contribution in [0.15, 0.2) is 48.8 Å². The molecular formula is C24H29N3O4. The maximum absolute atomic E-state index is 13.1. The maximum atomic E-state index is 13.1. The Morgan fingerprint density at radius 3 is 2.55 bits per heavy atom. The quantitative estimate of drug-likeness (QED) is 0.796. The Hall–Kier alpha value is -2.93. The van der Waals surface area contributed by atoms with Crippen LogP contribution in [0.2, 0.25) is 0 Å². The first-order chi connectivity index (χ1) is 15.0. The average molecular weight is 424 g/mol. The number of aromatic nitrogens is 1. The Labute approximate surface area is 182 Å². The average Bonchev–Trinajstić information content (AvgIpc) is 3.19. The number of aliphatic hydroxyl groups is 1. The van der Waals surface area contributed by atoms with Crippen LogP contribution >= 0.6 is 0 Å². The van der Waals surface area contributed by atoms with Gasteiger partial charge in [0.1, 0.15) is 5.75 Å². The van der Waals surface area contributed by atoms with Crippen molar-refractivity contribution in [2.24, 2.45) is 11.8 Å². The van der Waals surface area contributed by atoms with Crippen molar-refractivity contribution in [2.75, 3.05) is 33.3 Å². The second kappa shape index (κ2) is 9.47. The molecule has 4 rings (SSSR count). The molecule has 3 heterocycles. The number of aliphatic hydroxyl groups excluding tert-OH is 1. The first-order valence-corrected chi connectivity index (χ1v) is 10.8. The summed E-state index contributed by atoms with van der Waals surface area (Å²) in [7, 11) is 1.58. The number of rotatable bonds is 5. The van der Waals surface area contributed by atoms with E-state index >= 15 is 0 Å². The zero-order chi connectivity index (χ0) is 21.8.